The minimum atomic E-state index is -0.561. The van der Waals surface area contributed by atoms with E-state index in [0.717, 1.165) is 0 Å². The molecule has 1 aromatic rings. The lowest BCUT2D eigenvalue weighted by Gasteiger charge is -2.23. The number of likely N-dealkylation sites (N-methyl/N-ethyl adjacent to an activating group) is 1. The summed E-state index contributed by atoms with van der Waals surface area (Å²) in [5.74, 6) is 0.169. The number of likely N-dealkylation sites (tertiary alicyclic amines) is 1. The highest BCUT2D eigenvalue weighted by molar-refractivity contribution is 7.99. The molecule has 0 spiro atoms. The van der Waals surface area contributed by atoms with E-state index in [0.29, 0.717) is 42.3 Å². The highest BCUT2D eigenvalue weighted by Crippen LogP contribution is 2.21. The highest BCUT2D eigenvalue weighted by atomic mass is 32.2. The zero-order valence-corrected chi connectivity index (χ0v) is 15.7. The summed E-state index contributed by atoms with van der Waals surface area (Å²) in [7, 11) is 0. The van der Waals surface area contributed by atoms with Crippen LogP contribution >= 0.6 is 11.8 Å². The fourth-order valence-corrected chi connectivity index (χ4v) is 3.44. The molecule has 1 aliphatic rings. The molecule has 0 aromatic carbocycles. The Morgan fingerprint density at radius 3 is 2.64 bits per heavy atom. The van der Waals surface area contributed by atoms with Crippen molar-refractivity contribution in [2.45, 2.75) is 39.3 Å². The van der Waals surface area contributed by atoms with Gasteiger partial charge in [-0.05, 0) is 33.4 Å². The molecule has 0 aliphatic carbocycles. The van der Waals surface area contributed by atoms with Gasteiger partial charge in [0.2, 0.25) is 11.8 Å². The summed E-state index contributed by atoms with van der Waals surface area (Å²) in [4.78, 5) is 38.6. The standard InChI is InChI=1S/C16H24N4O4S/c1-5-17-15(22)12-6-11(7-20(12)13(21)8-25-4)18-16(23)14-9(2)19-24-10(14)3/h11-12H,5-8H2,1-4H3,(H,17,22)(H,18,23)/t11-,12+/m1/s1. The van der Waals surface area contributed by atoms with Crippen LogP contribution in [0.5, 0.6) is 0 Å². The van der Waals surface area contributed by atoms with Gasteiger partial charge < -0.3 is 20.1 Å². The summed E-state index contributed by atoms with van der Waals surface area (Å²) >= 11 is 1.41. The molecule has 9 heteroatoms. The van der Waals surface area contributed by atoms with Crippen molar-refractivity contribution in [1.29, 1.82) is 0 Å². The average Bonchev–Trinajstić information content (AvgIpc) is 3.11. The molecular weight excluding hydrogens is 344 g/mol. The monoisotopic (exact) mass is 368 g/mol. The van der Waals surface area contributed by atoms with E-state index in [1.54, 1.807) is 18.7 Å². The minimum absolute atomic E-state index is 0.0992. The third kappa shape index (κ3) is 4.33. The second-order valence-corrected chi connectivity index (χ2v) is 6.86. The maximum atomic E-state index is 12.5. The van der Waals surface area contributed by atoms with Crippen molar-refractivity contribution in [3.63, 3.8) is 0 Å². The van der Waals surface area contributed by atoms with Gasteiger partial charge in [-0.2, -0.15) is 11.8 Å². The molecule has 1 aromatic heterocycles. The Morgan fingerprint density at radius 2 is 2.08 bits per heavy atom. The number of aromatic nitrogens is 1. The first-order valence-corrected chi connectivity index (χ1v) is 9.58. The van der Waals surface area contributed by atoms with E-state index in [9.17, 15) is 14.4 Å². The fourth-order valence-electron chi connectivity index (χ4n) is 3.03. The van der Waals surface area contributed by atoms with Crippen LogP contribution in [0.2, 0.25) is 0 Å². The SMILES string of the molecule is CCNC(=O)[C@@H]1C[C@@H](NC(=O)c2c(C)noc2C)CN1C(=O)CSC. The number of nitrogens with one attached hydrogen (secondary N) is 2. The first kappa shape index (κ1) is 19.3. The lowest BCUT2D eigenvalue weighted by molar-refractivity contribution is -0.136. The molecule has 25 heavy (non-hydrogen) atoms. The van der Waals surface area contributed by atoms with Gasteiger partial charge in [0.1, 0.15) is 17.4 Å². The molecule has 1 saturated heterocycles. The molecule has 0 radical (unpaired) electrons. The fraction of sp³-hybridized carbons (Fsp3) is 0.625. The van der Waals surface area contributed by atoms with Crippen LogP contribution < -0.4 is 10.6 Å². The van der Waals surface area contributed by atoms with Gasteiger partial charge in [0.25, 0.3) is 5.91 Å². The van der Waals surface area contributed by atoms with Gasteiger partial charge in [-0.25, -0.2) is 0 Å². The smallest absolute Gasteiger partial charge is 0.257 e. The Morgan fingerprint density at radius 1 is 1.36 bits per heavy atom. The van der Waals surface area contributed by atoms with Crippen molar-refractivity contribution in [2.75, 3.05) is 25.1 Å². The van der Waals surface area contributed by atoms with Crippen molar-refractivity contribution in [3.05, 3.63) is 17.0 Å². The zero-order valence-electron chi connectivity index (χ0n) is 14.9. The van der Waals surface area contributed by atoms with Crippen molar-refractivity contribution >= 4 is 29.5 Å². The third-order valence-electron chi connectivity index (χ3n) is 4.14. The first-order chi connectivity index (χ1) is 11.9. The molecule has 1 fully saturated rings. The van der Waals surface area contributed by atoms with Crippen molar-refractivity contribution in [2.24, 2.45) is 0 Å². The number of nitrogens with zero attached hydrogens (tertiary/aromatic N) is 2. The van der Waals surface area contributed by atoms with E-state index in [1.807, 2.05) is 13.2 Å². The Kier molecular flexibility index (Phi) is 6.46. The van der Waals surface area contributed by atoms with Crippen molar-refractivity contribution < 1.29 is 18.9 Å². The quantitative estimate of drug-likeness (QED) is 0.757. The van der Waals surface area contributed by atoms with Gasteiger partial charge in [0.15, 0.2) is 0 Å². The Labute approximate surface area is 151 Å². The largest absolute Gasteiger partial charge is 0.361 e. The maximum Gasteiger partial charge on any atom is 0.257 e. The van der Waals surface area contributed by atoms with Gasteiger partial charge in [-0.3, -0.25) is 14.4 Å². The van der Waals surface area contributed by atoms with E-state index in [1.165, 1.54) is 11.8 Å². The minimum Gasteiger partial charge on any atom is -0.361 e. The normalized spacial score (nSPS) is 19.8. The molecule has 2 heterocycles. The molecule has 2 N–H and O–H groups in total. The summed E-state index contributed by atoms with van der Waals surface area (Å²) in [6.07, 6.45) is 2.23. The summed E-state index contributed by atoms with van der Waals surface area (Å²) in [5.41, 5.74) is 0.923. The summed E-state index contributed by atoms with van der Waals surface area (Å²) in [6, 6.07) is -0.853. The maximum absolute atomic E-state index is 12.5. The number of carbonyl (C=O) groups excluding carboxylic acids is 3. The Balaban J connectivity index is 2.11. The van der Waals surface area contributed by atoms with Gasteiger partial charge in [-0.15, -0.1) is 0 Å². The van der Waals surface area contributed by atoms with E-state index in [2.05, 4.69) is 15.8 Å². The predicted molar refractivity (Wildman–Crippen MR) is 94.4 cm³/mol. The number of carbonyl (C=O) groups is 3. The van der Waals surface area contributed by atoms with Crippen LogP contribution in [-0.2, 0) is 9.59 Å². The molecular formula is C16H24N4O4S. The van der Waals surface area contributed by atoms with Gasteiger partial charge >= 0.3 is 0 Å². The van der Waals surface area contributed by atoms with E-state index >= 15 is 0 Å². The van der Waals surface area contributed by atoms with E-state index in [4.69, 9.17) is 4.52 Å². The van der Waals surface area contributed by atoms with Crippen LogP contribution in [0.15, 0.2) is 4.52 Å². The molecule has 2 rings (SSSR count). The zero-order chi connectivity index (χ0) is 18.6. The molecule has 0 bridgehead atoms. The van der Waals surface area contributed by atoms with Gasteiger partial charge in [0.05, 0.1) is 11.4 Å². The lowest BCUT2D eigenvalue weighted by atomic mass is 10.1. The molecule has 0 saturated carbocycles. The summed E-state index contributed by atoms with van der Waals surface area (Å²) in [5, 5.41) is 9.43. The van der Waals surface area contributed by atoms with Gasteiger partial charge in [0, 0.05) is 19.1 Å². The Bertz CT molecular complexity index is 615. The second kappa shape index (κ2) is 8.37. The van der Waals surface area contributed by atoms with Crippen LogP contribution in [0.4, 0.5) is 0 Å². The van der Waals surface area contributed by atoms with Crippen LogP contribution in [0.25, 0.3) is 0 Å². The second-order valence-electron chi connectivity index (χ2n) is 5.99. The number of hydrogen-bond donors (Lipinski definition) is 2. The first-order valence-electron chi connectivity index (χ1n) is 8.18. The Hall–Kier alpha value is -2.03. The van der Waals surface area contributed by atoms with E-state index in [-0.39, 0.29) is 23.8 Å². The molecule has 2 atom stereocenters. The van der Waals surface area contributed by atoms with Crippen LogP contribution in [0.3, 0.4) is 0 Å². The van der Waals surface area contributed by atoms with E-state index < -0.39 is 6.04 Å². The summed E-state index contributed by atoms with van der Waals surface area (Å²) < 4.78 is 5.02. The number of amides is 3. The molecule has 1 aliphatic heterocycles. The molecule has 0 unspecified atom stereocenters. The van der Waals surface area contributed by atoms with Gasteiger partial charge in [-0.1, -0.05) is 5.16 Å². The number of thioether (sulfide) groups is 1. The third-order valence-corrected chi connectivity index (χ3v) is 4.67. The predicted octanol–water partition coefficient (Wildman–Crippen LogP) is 0.490. The number of hydrogen-bond acceptors (Lipinski definition) is 6. The van der Waals surface area contributed by atoms with Crippen molar-refractivity contribution in [1.82, 2.24) is 20.7 Å². The topological polar surface area (TPSA) is 105 Å². The number of rotatable bonds is 6. The van der Waals surface area contributed by atoms with Crippen LogP contribution in [0, 0.1) is 13.8 Å². The lowest BCUT2D eigenvalue weighted by Crippen LogP contribution is -2.46. The van der Waals surface area contributed by atoms with Crippen LogP contribution in [0.1, 0.15) is 35.2 Å². The average molecular weight is 368 g/mol. The highest BCUT2D eigenvalue weighted by Gasteiger charge is 2.40. The number of aryl methyl sites for hydroxylation is 2. The summed E-state index contributed by atoms with van der Waals surface area (Å²) in [6.45, 7) is 6.02. The van der Waals surface area contributed by atoms with Crippen molar-refractivity contribution in [3.8, 4) is 0 Å². The molecule has 3 amide bonds. The van der Waals surface area contributed by atoms with Crippen LogP contribution in [-0.4, -0.2) is 65.0 Å². The molecule has 138 valence electrons. The molecule has 8 nitrogen and oxygen atoms in total.